The van der Waals surface area contributed by atoms with Gasteiger partial charge in [0.05, 0.1) is 83.6 Å². The summed E-state index contributed by atoms with van der Waals surface area (Å²) in [4.78, 5) is 36.8. The number of carbonyl (C=O) groups is 3. The summed E-state index contributed by atoms with van der Waals surface area (Å²) in [5.74, 6) is -4.65. The molecule has 0 saturated carbocycles. The molecule has 21 saturated heterocycles. The Balaban J connectivity index is 1.08. The van der Waals surface area contributed by atoms with Crippen LogP contribution in [0.25, 0.3) is 0 Å². The number of carbonyl (C=O) groups excluding carboxylic acids is 2. The van der Waals surface area contributed by atoms with Gasteiger partial charge in [0.2, 0.25) is 0 Å². The number of rotatable bonds is 27. The van der Waals surface area contributed by atoms with Gasteiger partial charge in [0, 0.05) is 42.3 Å². The van der Waals surface area contributed by atoms with Gasteiger partial charge >= 0.3 is 5.97 Å². The van der Waals surface area contributed by atoms with Crippen molar-refractivity contribution in [2.75, 3.05) is 89.5 Å². The van der Waals surface area contributed by atoms with Crippen molar-refractivity contribution in [2.45, 2.75) is 253 Å². The number of hydrogen-bond acceptors (Lipinski definition) is 43. The van der Waals surface area contributed by atoms with E-state index >= 15 is 0 Å². The van der Waals surface area contributed by atoms with Gasteiger partial charge in [-0.25, -0.2) is 0 Å². The van der Waals surface area contributed by atoms with Crippen molar-refractivity contribution in [3.8, 4) is 0 Å². The van der Waals surface area contributed by atoms with Gasteiger partial charge in [0.25, 0.3) is 0 Å². The molecule has 0 amide bonds. The molecule has 0 aliphatic carbocycles. The molecule has 37 atom stereocenters. The van der Waals surface area contributed by atoms with Crippen LogP contribution in [0.15, 0.2) is 0 Å². The van der Waals surface area contributed by atoms with Crippen LogP contribution in [-0.4, -0.2) is 447 Å². The number of aliphatic hydroxyl groups excluding tert-OH is 20. The van der Waals surface area contributed by atoms with E-state index < -0.39 is 290 Å². The number of ether oxygens (including phenoxy) is 16. The number of hydrogen-bond donors (Lipinski definition) is 23. The third-order valence-corrected chi connectivity index (χ3v) is 21.0. The highest BCUT2D eigenvalue weighted by molar-refractivity contribution is 7.99. The lowest BCUT2D eigenvalue weighted by Crippen LogP contribution is -2.68. The number of carboxylic acids is 1. The maximum Gasteiger partial charge on any atom is 0.307 e. The summed E-state index contributed by atoms with van der Waals surface area (Å²) in [6, 6.07) is -0.988. The Bertz CT molecular complexity index is 2560. The van der Waals surface area contributed by atoms with E-state index in [4.69, 9.17) is 75.8 Å². The SMILES string of the molecule is CNC(CSCC1O[C@H]2O[C@@H]3C(CO)OC(O[C@@H]4C(CO)OC(O[C@@H]5C(CO)O[C@H](O[C@@H]6C(CSCC(CC(=O)CCOCCOCCC(C)=O)C(=O)O)O[C@H](O[C@@H]7C(CO)O[C@@H](O[C@@H]8C(CO)O[C@@H](O[C@H]1[C@H](O)C2O)C(O)[C@H]8O)C(O)[C@H]7O)C(O)[C@H]6O)C(O)[C@H]5O)[C@@H](O)[C@H]4O)[C@@H](O)[C@H]3O)C(O)O. The van der Waals surface area contributed by atoms with Gasteiger partial charge in [0.1, 0.15) is 170 Å². The second-order valence-electron chi connectivity index (χ2n) is 25.9. The first-order valence-corrected chi connectivity index (χ1v) is 35.7. The smallest absolute Gasteiger partial charge is 0.307 e. The van der Waals surface area contributed by atoms with Crippen molar-refractivity contribution in [1.29, 1.82) is 0 Å². The van der Waals surface area contributed by atoms with Crippen molar-refractivity contribution >= 4 is 41.1 Å². The van der Waals surface area contributed by atoms with E-state index in [1.54, 1.807) is 0 Å². The van der Waals surface area contributed by atoms with Gasteiger partial charge in [-0.1, -0.05) is 0 Å². The fourth-order valence-corrected chi connectivity index (χ4v) is 15.1. The van der Waals surface area contributed by atoms with Gasteiger partial charge in [-0.2, -0.15) is 23.5 Å². The van der Waals surface area contributed by atoms with Crippen LogP contribution in [0, 0.1) is 5.92 Å². The van der Waals surface area contributed by atoms with Crippen LogP contribution in [0.3, 0.4) is 0 Å². The molecule has 0 spiro atoms. The lowest BCUT2D eigenvalue weighted by molar-refractivity contribution is -0.395. The van der Waals surface area contributed by atoms with Crippen LogP contribution in [0.1, 0.15) is 26.2 Å². The van der Waals surface area contributed by atoms with Crippen LogP contribution in [0.5, 0.6) is 0 Å². The minimum atomic E-state index is -2.31. The number of likely N-dealkylation sites (N-methyl/N-ethyl adjacent to an activating group) is 1. The van der Waals surface area contributed by atoms with E-state index in [0.717, 1.165) is 23.5 Å². The van der Waals surface area contributed by atoms with Crippen LogP contribution in [0.2, 0.25) is 0 Å². The molecular weight excluding hydrogens is 1440 g/mol. The molecule has 21 rings (SSSR count). The number of aliphatic hydroxyl groups is 21. The number of carboxylic acid groups (broad SMARTS) is 1. The normalized spacial score (nSPS) is 45.0. The summed E-state index contributed by atoms with van der Waals surface area (Å²) in [6.07, 6.45) is -74.7. The van der Waals surface area contributed by atoms with Crippen molar-refractivity contribution in [3.05, 3.63) is 0 Å². The molecule has 0 radical (unpaired) electrons. The van der Waals surface area contributed by atoms with Gasteiger partial charge in [-0.05, 0) is 14.0 Å². The molecule has 21 aliphatic heterocycles. The third kappa shape index (κ3) is 21.2. The largest absolute Gasteiger partial charge is 0.481 e. The predicted octanol–water partition coefficient (Wildman–Crippen LogP) is -13.8. The lowest BCUT2D eigenvalue weighted by atomic mass is 9.95. The second-order valence-corrected chi connectivity index (χ2v) is 28.0. The number of nitrogens with one attached hydrogen (secondary N) is 1. The standard InChI is InChI=1S/C59H99NO41S2/c1-19(66)3-5-86-7-8-87-6-4-21(67)9-20(51(82)83)15-102-17-28-49-35(73)42(80)58(93-28)98-47-26(13-64)89-55(38(76)31(47)69)97-46-25(12-63)92-57(41(79)34(46)72)101-50-29(18-103-16-22(60-2)52(84)85)94-59(43(81)36(50)74)99-48-27(14-65)90-54(39(77)32(48)70)95-44-23(10-61)88-53(37(75)30(44)68)96-45-24(11-62)91-56(100-49)40(78)33(45)71/h20,22-50,52-65,68-81,84-85H,3-18H2,1-2H3,(H,82,83)/t20?,22?,23?,24?,25?,26?,27?,28?,29?,30-,31-,32-,33-,34-,35-,36-,37+,38?,39+,40?,41?,42?,43?,44-,45-,46-,47-,48-,49-,50-,53?,54?,55+,56-,57+,58-,59+/m1/s1. The molecule has 0 aromatic carbocycles. The Hall–Kier alpha value is -2.01. The molecule has 0 aromatic heterocycles. The highest BCUT2D eigenvalue weighted by atomic mass is 32.2. The predicted molar refractivity (Wildman–Crippen MR) is 332 cm³/mol. The summed E-state index contributed by atoms with van der Waals surface area (Å²) in [5.41, 5.74) is 0. The quantitative estimate of drug-likeness (QED) is 0.0268. The lowest BCUT2D eigenvalue weighted by Gasteiger charge is -2.50. The summed E-state index contributed by atoms with van der Waals surface area (Å²) < 4.78 is 93.4. The van der Waals surface area contributed by atoms with E-state index in [-0.39, 0.29) is 62.3 Å². The second kappa shape index (κ2) is 40.3. The van der Waals surface area contributed by atoms with Crippen LogP contribution < -0.4 is 5.32 Å². The Labute approximate surface area is 595 Å². The Morgan fingerprint density at radius 2 is 0.621 bits per heavy atom. The number of ketones is 2. The third-order valence-electron chi connectivity index (χ3n) is 18.7. The van der Waals surface area contributed by atoms with E-state index in [1.807, 2.05) is 0 Å². The first-order valence-electron chi connectivity index (χ1n) is 33.3. The van der Waals surface area contributed by atoms with Crippen LogP contribution >= 0.6 is 23.5 Å². The molecule has 23 N–H and O–H groups in total. The van der Waals surface area contributed by atoms with Crippen molar-refractivity contribution in [3.63, 3.8) is 0 Å². The van der Waals surface area contributed by atoms with Crippen molar-refractivity contribution in [1.82, 2.24) is 5.32 Å². The summed E-state index contributed by atoms with van der Waals surface area (Å²) >= 11 is 1.72. The average Bonchev–Trinajstić information content (AvgIpc) is 0.785. The number of Topliss-reactive ketones (excluding diaryl/α,β-unsaturated/α-hetero) is 2. The molecule has 44 heteroatoms. The van der Waals surface area contributed by atoms with Crippen molar-refractivity contribution < 1.29 is 203 Å². The monoisotopic (exact) mass is 1540 g/mol. The molecule has 21 fully saturated rings. The molecule has 42 nitrogen and oxygen atoms in total. The van der Waals surface area contributed by atoms with E-state index in [1.165, 1.54) is 14.0 Å². The molecule has 21 heterocycles. The topological polar surface area (TPSA) is 656 Å². The maximum atomic E-state index is 13.0. The average molecular weight is 1540 g/mol. The molecule has 21 aliphatic rings. The first-order chi connectivity index (χ1) is 49.0. The van der Waals surface area contributed by atoms with E-state index in [9.17, 15) is 127 Å². The Morgan fingerprint density at radius 3 is 0.864 bits per heavy atom. The molecule has 14 bridgehead atoms. The maximum absolute atomic E-state index is 13.0. The van der Waals surface area contributed by atoms with Gasteiger partial charge in [-0.3, -0.25) is 14.4 Å². The van der Waals surface area contributed by atoms with Crippen LogP contribution in [-0.2, 0) is 90.2 Å². The summed E-state index contributed by atoms with van der Waals surface area (Å²) in [5, 5.41) is 250. The highest BCUT2D eigenvalue weighted by Gasteiger charge is 2.60. The minimum absolute atomic E-state index is 0.0659. The number of thioether (sulfide) groups is 2. The van der Waals surface area contributed by atoms with Gasteiger partial charge in [0.15, 0.2) is 50.3 Å². The fraction of sp³-hybridized carbons (Fsp3) is 0.949. The zero-order valence-electron chi connectivity index (χ0n) is 55.7. The molecule has 598 valence electrons. The zero-order valence-corrected chi connectivity index (χ0v) is 57.3. The van der Waals surface area contributed by atoms with Crippen molar-refractivity contribution in [2.24, 2.45) is 5.92 Å². The van der Waals surface area contributed by atoms with E-state index in [0.29, 0.717) is 0 Å². The molecular formula is C59H99NO41S2. The fourth-order valence-electron chi connectivity index (χ4n) is 12.7. The summed E-state index contributed by atoms with van der Waals surface area (Å²) in [6.45, 7) is -3.87. The zero-order chi connectivity index (χ0) is 75.4. The highest BCUT2D eigenvalue weighted by Crippen LogP contribution is 2.40. The van der Waals surface area contributed by atoms with Gasteiger partial charge < -0.3 is 193 Å². The van der Waals surface area contributed by atoms with Crippen LogP contribution in [0.4, 0.5) is 0 Å². The van der Waals surface area contributed by atoms with E-state index in [2.05, 4.69) is 5.32 Å². The number of aliphatic carboxylic acids is 1. The molecule has 0 aromatic rings. The molecule has 16 unspecified atom stereocenters. The van der Waals surface area contributed by atoms with Gasteiger partial charge in [-0.15, -0.1) is 0 Å². The minimum Gasteiger partial charge on any atom is -0.481 e. The Morgan fingerprint density at radius 1 is 0.369 bits per heavy atom. The summed E-state index contributed by atoms with van der Waals surface area (Å²) in [7, 11) is 1.41. The molecule has 103 heavy (non-hydrogen) atoms. The Kier molecular flexibility index (Phi) is 33.8. The first kappa shape index (κ1) is 86.6.